The zero-order valence-corrected chi connectivity index (χ0v) is 35.3. The monoisotopic (exact) mass is 807 g/mol. The van der Waals surface area contributed by atoms with Crippen molar-refractivity contribution in [3.8, 4) is 0 Å². The van der Waals surface area contributed by atoms with Gasteiger partial charge in [-0.15, -0.1) is 0 Å². The lowest BCUT2D eigenvalue weighted by Gasteiger charge is -2.41. The van der Waals surface area contributed by atoms with E-state index < -0.39 is 64.3 Å². The fourth-order valence-electron chi connectivity index (χ4n) is 7.40. The number of halogens is 1. The first-order valence-corrected chi connectivity index (χ1v) is 19.5. The lowest BCUT2D eigenvalue weighted by Crippen LogP contribution is -2.60. The second kappa shape index (κ2) is 18.0. The van der Waals surface area contributed by atoms with Gasteiger partial charge in [0.25, 0.3) is 0 Å². The number of rotatable bonds is 10. The van der Waals surface area contributed by atoms with Crippen LogP contribution in [0, 0.1) is 18.8 Å². The SMILES string of the molecule is COCC(S)(CCC(=O)N(C)[C@@H](C)C(=O)O[C@H]1CC(=O)N(C)c2cc(cc(C)c2Cl)C/C(C)=C/C=C/[C@@H](C)[C@@]2(O)C[C@H](OC(=O)N2)[C@@H](C)[C@@H]2O[C@@]12C)COC. The number of aliphatic hydroxyl groups is 1. The number of aryl methyl sites for hydroxylation is 1. The van der Waals surface area contributed by atoms with E-state index in [2.05, 4.69) is 17.9 Å². The first-order chi connectivity index (χ1) is 25.7. The van der Waals surface area contributed by atoms with E-state index in [0.717, 1.165) is 16.7 Å². The number of allylic oxidation sites excluding steroid dienone is 3. The number of alkyl carbamates (subject to hydrolysis) is 1. The molecule has 0 aliphatic carbocycles. The van der Waals surface area contributed by atoms with Crippen molar-refractivity contribution in [3.05, 3.63) is 52.1 Å². The van der Waals surface area contributed by atoms with Crippen molar-refractivity contribution in [1.82, 2.24) is 10.2 Å². The van der Waals surface area contributed by atoms with Crippen molar-refractivity contribution in [3.63, 3.8) is 0 Å². The highest BCUT2D eigenvalue weighted by molar-refractivity contribution is 7.81. The summed E-state index contributed by atoms with van der Waals surface area (Å²) >= 11 is 11.5. The number of carbonyl (C=O) groups excluding carboxylic acids is 4. The number of esters is 1. The van der Waals surface area contributed by atoms with Gasteiger partial charge in [0.15, 0.2) is 0 Å². The topological polar surface area (TPSA) is 156 Å². The van der Waals surface area contributed by atoms with Gasteiger partial charge in [-0.1, -0.05) is 55.3 Å². The number of ether oxygens (including phenoxy) is 5. The second-order valence-corrected chi connectivity index (χ2v) is 17.1. The molecule has 0 saturated carbocycles. The van der Waals surface area contributed by atoms with E-state index in [1.54, 1.807) is 35.1 Å². The predicted octanol–water partition coefficient (Wildman–Crippen LogP) is 5.18. The first-order valence-electron chi connectivity index (χ1n) is 18.6. The third kappa shape index (κ3) is 10.4. The molecule has 2 saturated heterocycles. The van der Waals surface area contributed by atoms with E-state index >= 15 is 0 Å². The largest absolute Gasteiger partial charge is 0.457 e. The number of fused-ring (bicyclic) bond motifs is 5. The van der Waals surface area contributed by atoms with Crippen LogP contribution in [0.15, 0.2) is 35.9 Å². The summed E-state index contributed by atoms with van der Waals surface area (Å²) in [5.41, 5.74) is 0.438. The zero-order chi connectivity index (χ0) is 41.0. The third-order valence-electron chi connectivity index (χ3n) is 11.3. The fraction of sp³-hybridized carbons (Fsp3) is 0.650. The summed E-state index contributed by atoms with van der Waals surface area (Å²) in [5, 5.41) is 14.7. The average Bonchev–Trinajstić information content (AvgIpc) is 3.81. The molecule has 0 radical (unpaired) electrons. The van der Waals surface area contributed by atoms with Gasteiger partial charge in [-0.2, -0.15) is 12.6 Å². The Labute approximate surface area is 335 Å². The van der Waals surface area contributed by atoms with Crippen molar-refractivity contribution in [2.24, 2.45) is 11.8 Å². The van der Waals surface area contributed by atoms with E-state index in [4.69, 9.17) is 35.3 Å². The van der Waals surface area contributed by atoms with E-state index in [0.29, 0.717) is 23.6 Å². The van der Waals surface area contributed by atoms with Crippen LogP contribution in [0.2, 0.25) is 5.02 Å². The molecule has 13 nitrogen and oxygen atoms in total. The van der Waals surface area contributed by atoms with Gasteiger partial charge in [0.2, 0.25) is 11.8 Å². The van der Waals surface area contributed by atoms with Gasteiger partial charge in [-0.3, -0.25) is 14.9 Å². The molecule has 3 aliphatic heterocycles. The molecule has 1 aromatic rings. The van der Waals surface area contributed by atoms with Crippen LogP contribution in [0.25, 0.3) is 0 Å². The Morgan fingerprint density at radius 2 is 1.85 bits per heavy atom. The third-order valence-corrected chi connectivity index (χ3v) is 12.3. The van der Waals surface area contributed by atoms with Crippen molar-refractivity contribution < 1.29 is 48.0 Å². The summed E-state index contributed by atoms with van der Waals surface area (Å²) in [5.74, 6) is -2.39. The number of hydrogen-bond donors (Lipinski definition) is 3. The minimum absolute atomic E-state index is 0.0616. The smallest absolute Gasteiger partial charge is 0.409 e. The standard InChI is InChI=1S/C40H58ClN3O10S/c1-23-12-11-13-25(3)40(49)20-30(52-37(48)42-40)26(4)35-38(6,54-35)31(19-33(46)44(8)29-18-28(16-23)17-24(2)34(29)41)53-36(47)27(5)43(7)32(45)14-15-39(55,21-50-9)22-51-10/h11-13,17-18,25-27,30-31,35,49,55H,14-16,19-22H2,1-10H3,(H,42,48)/b13-11+,23-12+/t25-,26-,27+,30+,31+,35+,38+,40+/m1/s1. The van der Waals surface area contributed by atoms with E-state index in [-0.39, 0.29) is 44.3 Å². The van der Waals surface area contributed by atoms with Crippen molar-refractivity contribution in [2.45, 2.75) is 114 Å². The quantitative estimate of drug-likeness (QED) is 0.164. The van der Waals surface area contributed by atoms with Gasteiger partial charge in [-0.05, 0) is 57.7 Å². The molecule has 55 heavy (non-hydrogen) atoms. The maximum Gasteiger partial charge on any atom is 0.409 e. The number of nitrogens with zero attached hydrogens (tertiary/aromatic N) is 2. The number of carbonyl (C=O) groups is 4. The average molecular weight is 808 g/mol. The lowest BCUT2D eigenvalue weighted by atomic mass is 9.82. The fourth-order valence-corrected chi connectivity index (χ4v) is 8.00. The summed E-state index contributed by atoms with van der Waals surface area (Å²) in [6.45, 7) is 11.3. The molecule has 4 rings (SSSR count). The Morgan fingerprint density at radius 1 is 1.20 bits per heavy atom. The summed E-state index contributed by atoms with van der Waals surface area (Å²) in [4.78, 5) is 56.9. The first kappa shape index (κ1) is 44.6. The lowest BCUT2D eigenvalue weighted by molar-refractivity contribution is -0.162. The molecule has 306 valence electrons. The molecular formula is C40H58ClN3O10S. The maximum absolute atomic E-state index is 14.2. The highest BCUT2D eigenvalue weighted by atomic mass is 35.5. The molecule has 8 atom stereocenters. The van der Waals surface area contributed by atoms with Gasteiger partial charge < -0.3 is 38.6 Å². The van der Waals surface area contributed by atoms with E-state index in [1.165, 1.54) is 16.8 Å². The number of likely N-dealkylation sites (N-methyl/N-ethyl adjacent to an activating group) is 1. The van der Waals surface area contributed by atoms with Crippen LogP contribution in [0.1, 0.15) is 71.4 Å². The van der Waals surface area contributed by atoms with Crippen molar-refractivity contribution in [2.75, 3.05) is 46.4 Å². The highest BCUT2D eigenvalue weighted by Crippen LogP contribution is 2.49. The Hall–Kier alpha value is -3.14. The van der Waals surface area contributed by atoms with Crippen LogP contribution < -0.4 is 10.2 Å². The Balaban J connectivity index is 1.67. The zero-order valence-electron chi connectivity index (χ0n) is 33.6. The number of methoxy groups -OCH3 is 2. The molecule has 0 aromatic heterocycles. The van der Waals surface area contributed by atoms with Gasteiger partial charge in [0.05, 0.1) is 41.2 Å². The van der Waals surface area contributed by atoms with Crippen LogP contribution in [0.5, 0.6) is 0 Å². The van der Waals surface area contributed by atoms with Crippen LogP contribution in [0.4, 0.5) is 10.5 Å². The van der Waals surface area contributed by atoms with Crippen LogP contribution in [-0.4, -0.2) is 116 Å². The molecular weight excluding hydrogens is 750 g/mol. The van der Waals surface area contributed by atoms with Crippen LogP contribution in [-0.2, 0) is 44.5 Å². The maximum atomic E-state index is 14.2. The number of hydrogen-bond acceptors (Lipinski definition) is 11. The number of nitrogens with one attached hydrogen (secondary N) is 1. The molecule has 15 heteroatoms. The molecule has 0 unspecified atom stereocenters. The Morgan fingerprint density at radius 3 is 2.49 bits per heavy atom. The minimum Gasteiger partial charge on any atom is -0.457 e. The summed E-state index contributed by atoms with van der Waals surface area (Å²) in [7, 11) is 6.23. The van der Waals surface area contributed by atoms with Crippen LogP contribution >= 0.6 is 24.2 Å². The van der Waals surface area contributed by atoms with E-state index in [1.807, 2.05) is 58.1 Å². The number of amides is 3. The van der Waals surface area contributed by atoms with Gasteiger partial charge >= 0.3 is 12.1 Å². The Kier molecular flexibility index (Phi) is 14.6. The molecule has 4 bridgehead atoms. The molecule has 3 amide bonds. The van der Waals surface area contributed by atoms with Gasteiger partial charge in [0.1, 0.15) is 29.6 Å². The molecule has 2 N–H and O–H groups in total. The number of benzene rings is 1. The Bertz CT molecular complexity index is 1670. The summed E-state index contributed by atoms with van der Waals surface area (Å²) in [6.07, 6.45) is 3.10. The highest BCUT2D eigenvalue weighted by Gasteiger charge is 2.64. The summed E-state index contributed by atoms with van der Waals surface area (Å²) in [6, 6.07) is 2.82. The number of thiol groups is 1. The number of anilines is 1. The van der Waals surface area contributed by atoms with Crippen LogP contribution in [0.3, 0.4) is 0 Å². The molecule has 3 aliphatic rings. The van der Waals surface area contributed by atoms with E-state index in [9.17, 15) is 24.3 Å². The van der Waals surface area contributed by atoms with Crippen molar-refractivity contribution >= 4 is 53.8 Å². The van der Waals surface area contributed by atoms with Gasteiger partial charge in [0, 0.05) is 53.0 Å². The van der Waals surface area contributed by atoms with Gasteiger partial charge in [-0.25, -0.2) is 9.59 Å². The normalized spacial score (nSPS) is 30.9. The minimum atomic E-state index is -1.61. The second-order valence-electron chi connectivity index (χ2n) is 15.7. The predicted molar refractivity (Wildman–Crippen MR) is 212 cm³/mol. The molecule has 2 fully saturated rings. The molecule has 1 aromatic carbocycles. The number of epoxide rings is 1. The van der Waals surface area contributed by atoms with Crippen molar-refractivity contribution in [1.29, 1.82) is 0 Å². The molecule has 0 spiro atoms. The molecule has 3 heterocycles. The summed E-state index contributed by atoms with van der Waals surface area (Å²) < 4.78 is 28.0.